The Balaban J connectivity index is 2.37. The molecule has 2 atom stereocenters. The van der Waals surface area contributed by atoms with E-state index in [1.807, 2.05) is 6.92 Å². The first-order chi connectivity index (χ1) is 8.87. The molecule has 6 nitrogen and oxygen atoms in total. The molecule has 0 amide bonds. The predicted molar refractivity (Wildman–Crippen MR) is 73.4 cm³/mol. The van der Waals surface area contributed by atoms with Gasteiger partial charge in [0, 0.05) is 32.4 Å². The summed E-state index contributed by atoms with van der Waals surface area (Å²) < 4.78 is 28.2. The quantitative estimate of drug-likeness (QED) is 0.896. The second-order valence-electron chi connectivity index (χ2n) is 5.00. The van der Waals surface area contributed by atoms with Gasteiger partial charge in [0.05, 0.1) is 0 Å². The number of nitrogens with zero attached hydrogens (tertiary/aromatic N) is 3. The normalized spacial score (nSPS) is 25.7. The molecule has 108 valence electrons. The summed E-state index contributed by atoms with van der Waals surface area (Å²) in [5, 5.41) is 0.153. The molecule has 1 aliphatic heterocycles. The Bertz CT molecular complexity index is 538. The number of nitrogens with two attached hydrogens (primary N) is 1. The number of imidazole rings is 1. The van der Waals surface area contributed by atoms with Gasteiger partial charge in [0.25, 0.3) is 10.0 Å². The lowest BCUT2D eigenvalue weighted by atomic mass is 9.93. The van der Waals surface area contributed by atoms with Crippen LogP contribution in [-0.2, 0) is 17.1 Å². The molecule has 2 N–H and O–H groups in total. The van der Waals surface area contributed by atoms with Gasteiger partial charge in [-0.3, -0.25) is 0 Å². The van der Waals surface area contributed by atoms with E-state index in [0.29, 0.717) is 13.1 Å². The van der Waals surface area contributed by atoms with Crippen LogP contribution in [-0.4, -0.2) is 41.4 Å². The summed E-state index contributed by atoms with van der Waals surface area (Å²) in [5.74, 6) is 0.257. The third-order valence-corrected chi connectivity index (χ3v) is 5.82. The van der Waals surface area contributed by atoms with E-state index in [4.69, 9.17) is 17.3 Å². The van der Waals surface area contributed by atoms with Crippen LogP contribution in [0.25, 0.3) is 0 Å². The van der Waals surface area contributed by atoms with Crippen LogP contribution in [0.1, 0.15) is 19.8 Å². The van der Waals surface area contributed by atoms with Crippen molar-refractivity contribution in [2.24, 2.45) is 18.7 Å². The maximum Gasteiger partial charge on any atom is 0.262 e. The predicted octanol–water partition coefficient (Wildman–Crippen LogP) is 0.821. The van der Waals surface area contributed by atoms with E-state index < -0.39 is 10.0 Å². The van der Waals surface area contributed by atoms with Gasteiger partial charge in [0.1, 0.15) is 0 Å². The van der Waals surface area contributed by atoms with Crippen molar-refractivity contribution in [2.75, 3.05) is 13.1 Å². The number of halogens is 1. The van der Waals surface area contributed by atoms with Gasteiger partial charge in [0.2, 0.25) is 5.28 Å². The van der Waals surface area contributed by atoms with Crippen molar-refractivity contribution >= 4 is 21.6 Å². The number of hydrogen-bond donors (Lipinski definition) is 1. The number of sulfonamides is 1. The summed E-state index contributed by atoms with van der Waals surface area (Å²) >= 11 is 5.82. The van der Waals surface area contributed by atoms with Gasteiger partial charge in [-0.2, -0.15) is 4.31 Å². The highest BCUT2D eigenvalue weighted by Gasteiger charge is 2.37. The van der Waals surface area contributed by atoms with Crippen molar-refractivity contribution in [3.63, 3.8) is 0 Å². The molecule has 0 unspecified atom stereocenters. The molecule has 1 aliphatic rings. The minimum atomic E-state index is -3.62. The van der Waals surface area contributed by atoms with E-state index in [9.17, 15) is 8.42 Å². The maximum atomic E-state index is 12.6. The van der Waals surface area contributed by atoms with Crippen LogP contribution in [0.15, 0.2) is 11.2 Å². The molecule has 0 bridgehead atoms. The highest BCUT2D eigenvalue weighted by Crippen LogP contribution is 2.28. The highest BCUT2D eigenvalue weighted by atomic mass is 35.5. The Kier molecular flexibility index (Phi) is 4.20. The third kappa shape index (κ3) is 2.65. The summed E-state index contributed by atoms with van der Waals surface area (Å²) in [6, 6.07) is -0.167. The van der Waals surface area contributed by atoms with Crippen LogP contribution in [0.4, 0.5) is 0 Å². The van der Waals surface area contributed by atoms with Crippen molar-refractivity contribution in [1.82, 2.24) is 13.9 Å². The van der Waals surface area contributed by atoms with Gasteiger partial charge in [-0.25, -0.2) is 13.4 Å². The lowest BCUT2D eigenvalue weighted by Gasteiger charge is -2.37. The Hall–Kier alpha value is -0.630. The standard InChI is InChI=1S/C11H19ClN4O2S/c1-8-4-3-5-16(9(8)6-13)19(17,18)10-7-15(2)11(12)14-10/h7-9H,3-6,13H2,1-2H3/t8-,9-/m1/s1. The van der Waals surface area contributed by atoms with Gasteiger partial charge in [-0.15, -0.1) is 0 Å². The van der Waals surface area contributed by atoms with Gasteiger partial charge < -0.3 is 10.3 Å². The van der Waals surface area contributed by atoms with Crippen molar-refractivity contribution in [3.05, 3.63) is 11.5 Å². The monoisotopic (exact) mass is 306 g/mol. The average molecular weight is 307 g/mol. The minimum Gasteiger partial charge on any atom is -0.329 e. The third-order valence-electron chi connectivity index (χ3n) is 3.68. The first-order valence-electron chi connectivity index (χ1n) is 6.28. The SMILES string of the molecule is C[C@@H]1CCCN(S(=O)(=O)c2cn(C)c(Cl)n2)[C@@H]1CN. The van der Waals surface area contributed by atoms with E-state index in [-0.39, 0.29) is 22.3 Å². The van der Waals surface area contributed by atoms with E-state index >= 15 is 0 Å². The Morgan fingerprint density at radius 3 is 2.79 bits per heavy atom. The van der Waals surface area contributed by atoms with E-state index in [0.717, 1.165) is 12.8 Å². The fraction of sp³-hybridized carbons (Fsp3) is 0.727. The van der Waals surface area contributed by atoms with Crippen LogP contribution < -0.4 is 5.73 Å². The minimum absolute atomic E-state index is 0.00690. The topological polar surface area (TPSA) is 81.2 Å². The number of aromatic nitrogens is 2. The van der Waals surface area contributed by atoms with Crippen LogP contribution in [0.2, 0.25) is 5.28 Å². The maximum absolute atomic E-state index is 12.6. The van der Waals surface area contributed by atoms with Crippen LogP contribution >= 0.6 is 11.6 Å². The summed E-state index contributed by atoms with van der Waals surface area (Å²) in [6.07, 6.45) is 3.28. The molecule has 19 heavy (non-hydrogen) atoms. The fourth-order valence-electron chi connectivity index (χ4n) is 2.52. The fourth-order valence-corrected chi connectivity index (χ4v) is 4.46. The number of aryl methyl sites for hydroxylation is 1. The summed E-state index contributed by atoms with van der Waals surface area (Å²) in [4.78, 5) is 3.91. The second-order valence-corrected chi connectivity index (χ2v) is 7.17. The molecule has 2 heterocycles. The Labute approximate surface area is 118 Å². The lowest BCUT2D eigenvalue weighted by Crippen LogP contribution is -2.51. The Morgan fingerprint density at radius 2 is 2.26 bits per heavy atom. The molecule has 1 aromatic rings. The molecule has 8 heteroatoms. The zero-order valence-corrected chi connectivity index (χ0v) is 12.7. The van der Waals surface area contributed by atoms with Crippen molar-refractivity contribution in [2.45, 2.75) is 30.8 Å². The molecule has 0 aromatic carbocycles. The molecule has 2 rings (SSSR count). The highest BCUT2D eigenvalue weighted by molar-refractivity contribution is 7.89. The molecule has 1 saturated heterocycles. The first kappa shape index (κ1) is 14.8. The van der Waals surface area contributed by atoms with Crippen molar-refractivity contribution in [3.8, 4) is 0 Å². The average Bonchev–Trinajstić information content (AvgIpc) is 2.70. The van der Waals surface area contributed by atoms with Gasteiger partial charge >= 0.3 is 0 Å². The molecular weight excluding hydrogens is 288 g/mol. The zero-order chi connectivity index (χ0) is 14.2. The number of hydrogen-bond acceptors (Lipinski definition) is 4. The van der Waals surface area contributed by atoms with Crippen LogP contribution in [0, 0.1) is 5.92 Å². The van der Waals surface area contributed by atoms with E-state index in [1.54, 1.807) is 7.05 Å². The van der Waals surface area contributed by atoms with Crippen molar-refractivity contribution in [1.29, 1.82) is 0 Å². The molecule has 1 fully saturated rings. The summed E-state index contributed by atoms with van der Waals surface area (Å²) in [7, 11) is -1.96. The Morgan fingerprint density at radius 1 is 1.58 bits per heavy atom. The summed E-state index contributed by atoms with van der Waals surface area (Å²) in [6.45, 7) is 2.84. The zero-order valence-electron chi connectivity index (χ0n) is 11.1. The number of piperidine rings is 1. The lowest BCUT2D eigenvalue weighted by molar-refractivity contribution is 0.192. The first-order valence-corrected chi connectivity index (χ1v) is 8.10. The van der Waals surface area contributed by atoms with Crippen molar-refractivity contribution < 1.29 is 8.42 Å². The molecule has 0 aliphatic carbocycles. The molecule has 0 saturated carbocycles. The largest absolute Gasteiger partial charge is 0.329 e. The van der Waals surface area contributed by atoms with Gasteiger partial charge in [-0.1, -0.05) is 6.92 Å². The molecular formula is C11H19ClN4O2S. The van der Waals surface area contributed by atoms with Gasteiger partial charge in [-0.05, 0) is 30.4 Å². The van der Waals surface area contributed by atoms with Gasteiger partial charge in [0.15, 0.2) is 5.03 Å². The molecule has 0 spiro atoms. The van der Waals surface area contributed by atoms with Crippen LogP contribution in [0.5, 0.6) is 0 Å². The smallest absolute Gasteiger partial charge is 0.262 e. The van der Waals surface area contributed by atoms with Crippen LogP contribution in [0.3, 0.4) is 0 Å². The van der Waals surface area contributed by atoms with E-state index in [2.05, 4.69) is 4.98 Å². The van der Waals surface area contributed by atoms with E-state index in [1.165, 1.54) is 15.1 Å². The second kappa shape index (κ2) is 5.40. The molecule has 1 aromatic heterocycles. The summed E-state index contributed by atoms with van der Waals surface area (Å²) in [5.41, 5.74) is 5.74. The molecule has 0 radical (unpaired) electrons. The number of rotatable bonds is 3.